The smallest absolute Gasteiger partial charge is 0.138 e. The van der Waals surface area contributed by atoms with Crippen LogP contribution in [0.2, 0.25) is 0 Å². The summed E-state index contributed by atoms with van der Waals surface area (Å²) in [6.45, 7) is 8.17. The third-order valence-corrected chi connectivity index (χ3v) is 2.12. The first-order valence-corrected chi connectivity index (χ1v) is 5.91. The SMILES string of the molecule is CC.CC1CN(C)CC(CS)O1.O=P. The number of hydrogen-bond donors (Lipinski definition) is 1. The zero-order chi connectivity index (χ0) is 11.6. The molecule has 14 heavy (non-hydrogen) atoms. The van der Waals surface area contributed by atoms with Crippen molar-refractivity contribution in [1.29, 1.82) is 0 Å². The van der Waals surface area contributed by atoms with E-state index in [-0.39, 0.29) is 0 Å². The second-order valence-electron chi connectivity index (χ2n) is 2.97. The Kier molecular flexibility index (Phi) is 13.7. The van der Waals surface area contributed by atoms with Crippen molar-refractivity contribution in [2.24, 2.45) is 0 Å². The van der Waals surface area contributed by atoms with Gasteiger partial charge in [-0.15, -0.1) is 0 Å². The molecule has 5 heteroatoms. The summed E-state index contributed by atoms with van der Waals surface area (Å²) in [4.78, 5) is 2.29. The molecule has 1 aliphatic heterocycles. The molecular weight excluding hydrogens is 217 g/mol. The molecule has 0 N–H and O–H groups in total. The number of ether oxygens (including phenoxy) is 1. The molecule has 0 amide bonds. The minimum Gasteiger partial charge on any atom is -0.372 e. The maximum atomic E-state index is 8.06. The molecule has 0 bridgehead atoms. The largest absolute Gasteiger partial charge is 0.372 e. The van der Waals surface area contributed by atoms with Gasteiger partial charge in [0, 0.05) is 18.8 Å². The molecule has 0 radical (unpaired) electrons. The van der Waals surface area contributed by atoms with Crippen LogP contribution in [-0.2, 0) is 9.30 Å². The molecule has 1 fully saturated rings. The molecule has 2 atom stereocenters. The van der Waals surface area contributed by atoms with Crippen molar-refractivity contribution in [2.45, 2.75) is 33.0 Å². The fourth-order valence-corrected chi connectivity index (χ4v) is 1.58. The van der Waals surface area contributed by atoms with Gasteiger partial charge >= 0.3 is 0 Å². The van der Waals surface area contributed by atoms with Crippen LogP contribution in [0, 0.1) is 0 Å². The molecule has 1 rings (SSSR count). The van der Waals surface area contributed by atoms with E-state index in [9.17, 15) is 0 Å². The highest BCUT2D eigenvalue weighted by Crippen LogP contribution is 2.09. The Hall–Kier alpha value is 0.370. The Bertz CT molecular complexity index is 119. The average Bonchev–Trinajstić information content (AvgIpc) is 2.22. The summed E-state index contributed by atoms with van der Waals surface area (Å²) in [6.07, 6.45) is 0.702. The van der Waals surface area contributed by atoms with E-state index in [1.165, 1.54) is 0 Å². The third-order valence-electron chi connectivity index (χ3n) is 1.71. The van der Waals surface area contributed by atoms with Crippen LogP contribution in [0.15, 0.2) is 0 Å². The van der Waals surface area contributed by atoms with E-state index in [1.54, 1.807) is 9.12 Å². The minimum atomic E-state index is 0.331. The van der Waals surface area contributed by atoms with Gasteiger partial charge in [0.1, 0.15) is 9.12 Å². The highest BCUT2D eigenvalue weighted by Gasteiger charge is 2.20. The zero-order valence-electron chi connectivity index (χ0n) is 9.49. The number of thiol groups is 1. The molecule has 0 aromatic rings. The van der Waals surface area contributed by atoms with E-state index in [1.807, 2.05) is 13.8 Å². The van der Waals surface area contributed by atoms with Gasteiger partial charge in [0.25, 0.3) is 0 Å². The first-order valence-electron chi connectivity index (χ1n) is 4.87. The highest BCUT2D eigenvalue weighted by atomic mass is 32.1. The molecule has 2 unspecified atom stereocenters. The summed E-state index contributed by atoms with van der Waals surface area (Å²) in [5.41, 5.74) is 0. The fourth-order valence-electron chi connectivity index (χ4n) is 1.38. The van der Waals surface area contributed by atoms with Crippen LogP contribution in [0.4, 0.5) is 0 Å². The Morgan fingerprint density at radius 2 is 1.93 bits per heavy atom. The molecule has 1 saturated heterocycles. The van der Waals surface area contributed by atoms with Gasteiger partial charge in [-0.1, -0.05) is 13.8 Å². The van der Waals surface area contributed by atoms with Crippen molar-refractivity contribution in [1.82, 2.24) is 4.90 Å². The van der Waals surface area contributed by atoms with Crippen LogP contribution in [0.25, 0.3) is 0 Å². The number of hydrogen-bond acceptors (Lipinski definition) is 4. The molecule has 0 aromatic carbocycles. The normalized spacial score (nSPS) is 26.6. The summed E-state index contributed by atoms with van der Waals surface area (Å²) < 4.78 is 13.6. The molecular formula is C9H22NO2PS. The van der Waals surface area contributed by atoms with Crippen molar-refractivity contribution >= 4 is 21.7 Å². The molecule has 0 spiro atoms. The van der Waals surface area contributed by atoms with E-state index < -0.39 is 0 Å². The van der Waals surface area contributed by atoms with Gasteiger partial charge in [-0.2, -0.15) is 12.6 Å². The molecule has 3 nitrogen and oxygen atoms in total. The lowest BCUT2D eigenvalue weighted by Gasteiger charge is -2.33. The summed E-state index contributed by atoms with van der Waals surface area (Å²) in [5.74, 6) is 0.828. The second-order valence-corrected chi connectivity index (χ2v) is 3.34. The second kappa shape index (κ2) is 11.4. The number of likely N-dealkylation sites (N-methyl/N-ethyl adjacent to an activating group) is 1. The van der Waals surface area contributed by atoms with Crippen molar-refractivity contribution in [3.8, 4) is 0 Å². The summed E-state index contributed by atoms with van der Waals surface area (Å²) in [6, 6.07) is 0. The van der Waals surface area contributed by atoms with Crippen LogP contribution in [-0.4, -0.2) is 43.0 Å². The Balaban J connectivity index is 0. The van der Waals surface area contributed by atoms with Crippen LogP contribution in [0.3, 0.4) is 0 Å². The number of morpholine rings is 1. The lowest BCUT2D eigenvalue weighted by atomic mass is 10.2. The lowest BCUT2D eigenvalue weighted by molar-refractivity contribution is -0.0578. The summed E-state index contributed by atoms with van der Waals surface area (Å²) in [5, 5.41) is 0. The quantitative estimate of drug-likeness (QED) is 0.561. The van der Waals surface area contributed by atoms with Crippen LogP contribution >= 0.6 is 21.7 Å². The Labute approximate surface area is 95.2 Å². The maximum Gasteiger partial charge on any atom is 0.138 e. The van der Waals surface area contributed by atoms with Crippen LogP contribution in [0.5, 0.6) is 0 Å². The van der Waals surface area contributed by atoms with Gasteiger partial charge in [-0.05, 0) is 14.0 Å². The molecule has 86 valence electrons. The average molecular weight is 239 g/mol. The molecule has 0 aromatic heterocycles. The van der Waals surface area contributed by atoms with Gasteiger partial charge in [0.2, 0.25) is 0 Å². The monoisotopic (exact) mass is 239 g/mol. The zero-order valence-corrected chi connectivity index (χ0v) is 11.4. The maximum absolute atomic E-state index is 8.06. The summed E-state index contributed by atoms with van der Waals surface area (Å²) >= 11 is 4.19. The number of rotatable bonds is 1. The first-order chi connectivity index (χ1) is 6.72. The first kappa shape index (κ1) is 16.8. The molecule has 1 aliphatic rings. The van der Waals surface area contributed by atoms with Gasteiger partial charge in [-0.3, -0.25) is 4.57 Å². The van der Waals surface area contributed by atoms with Crippen molar-refractivity contribution in [2.75, 3.05) is 25.9 Å². The van der Waals surface area contributed by atoms with E-state index in [0.717, 1.165) is 18.8 Å². The predicted octanol–water partition coefficient (Wildman–Crippen LogP) is 2.14. The van der Waals surface area contributed by atoms with Gasteiger partial charge in [-0.25, -0.2) is 0 Å². The van der Waals surface area contributed by atoms with E-state index in [4.69, 9.17) is 9.30 Å². The van der Waals surface area contributed by atoms with Gasteiger partial charge < -0.3 is 9.64 Å². The molecule has 0 saturated carbocycles. The fraction of sp³-hybridized carbons (Fsp3) is 1.00. The molecule has 0 aliphatic carbocycles. The standard InChI is InChI=1S/C7H15NOS.C2H6.HOP/c1-6-3-8(2)4-7(5-10)9-6;2*1-2/h6-7,10H,3-5H2,1-2H3;1-2H3;2H. The lowest BCUT2D eigenvalue weighted by Crippen LogP contribution is -2.45. The van der Waals surface area contributed by atoms with Gasteiger partial charge in [0.05, 0.1) is 12.2 Å². The van der Waals surface area contributed by atoms with E-state index in [2.05, 4.69) is 31.5 Å². The topological polar surface area (TPSA) is 29.5 Å². The van der Waals surface area contributed by atoms with Crippen molar-refractivity contribution in [3.05, 3.63) is 0 Å². The van der Waals surface area contributed by atoms with Crippen molar-refractivity contribution in [3.63, 3.8) is 0 Å². The molecule has 1 heterocycles. The van der Waals surface area contributed by atoms with Gasteiger partial charge in [0.15, 0.2) is 0 Å². The Morgan fingerprint density at radius 3 is 2.29 bits per heavy atom. The minimum absolute atomic E-state index is 0.331. The van der Waals surface area contributed by atoms with Crippen LogP contribution in [0.1, 0.15) is 20.8 Å². The third kappa shape index (κ3) is 7.74. The Morgan fingerprint density at radius 1 is 1.43 bits per heavy atom. The van der Waals surface area contributed by atoms with E-state index in [0.29, 0.717) is 12.2 Å². The summed E-state index contributed by atoms with van der Waals surface area (Å²) in [7, 11) is 3.84. The number of nitrogens with zero attached hydrogens (tertiary/aromatic N) is 1. The van der Waals surface area contributed by atoms with Crippen LogP contribution < -0.4 is 0 Å². The van der Waals surface area contributed by atoms with Crippen molar-refractivity contribution < 1.29 is 9.30 Å². The predicted molar refractivity (Wildman–Crippen MR) is 66.0 cm³/mol. The van der Waals surface area contributed by atoms with E-state index >= 15 is 0 Å². The highest BCUT2D eigenvalue weighted by molar-refractivity contribution is 7.80.